The van der Waals surface area contributed by atoms with E-state index in [0.29, 0.717) is 0 Å². The summed E-state index contributed by atoms with van der Waals surface area (Å²) >= 11 is 0. The molecule has 1 unspecified atom stereocenters. The molecule has 5 heteroatoms. The summed E-state index contributed by atoms with van der Waals surface area (Å²) in [6.45, 7) is 0.946. The van der Waals surface area contributed by atoms with Crippen LogP contribution in [-0.2, 0) is 9.53 Å². The van der Waals surface area contributed by atoms with Crippen molar-refractivity contribution in [2.75, 3.05) is 6.61 Å². The van der Waals surface area contributed by atoms with Gasteiger partial charge in [0.1, 0.15) is 5.41 Å². The summed E-state index contributed by atoms with van der Waals surface area (Å²) in [7, 11) is 0. The molecule has 0 fully saturated rings. The molecule has 0 saturated heterocycles. The summed E-state index contributed by atoms with van der Waals surface area (Å²) in [5.74, 6) is -1.24. The number of rotatable bonds is 5. The van der Waals surface area contributed by atoms with Crippen LogP contribution in [0.3, 0.4) is 0 Å². The molecule has 0 aromatic rings. The molecule has 70 valence electrons. The predicted molar refractivity (Wildman–Crippen MR) is 37.9 cm³/mol. The molecule has 0 saturated carbocycles. The van der Waals surface area contributed by atoms with Crippen LogP contribution in [0, 0.1) is 5.41 Å². The zero-order chi connectivity index (χ0) is 9.78. The first-order valence-electron chi connectivity index (χ1n) is 3.19. The van der Waals surface area contributed by atoms with Gasteiger partial charge in [-0.05, 0) is 6.92 Å². The molecule has 0 spiro atoms. The van der Waals surface area contributed by atoms with Crippen LogP contribution in [0.15, 0.2) is 12.7 Å². The van der Waals surface area contributed by atoms with E-state index < -0.39 is 24.6 Å². The maximum atomic E-state index is 11.5. The Bertz CT molecular complexity index is 181. The Kier molecular flexibility index (Phi) is 3.82. The zero-order valence-electron chi connectivity index (χ0n) is 6.59. The quantitative estimate of drug-likeness (QED) is 0.652. The van der Waals surface area contributed by atoms with Crippen molar-refractivity contribution < 1.29 is 23.4 Å². The highest BCUT2D eigenvalue weighted by Crippen LogP contribution is 2.19. The molecule has 12 heavy (non-hydrogen) atoms. The van der Waals surface area contributed by atoms with E-state index in [1.165, 1.54) is 6.92 Å². The van der Waals surface area contributed by atoms with Gasteiger partial charge in [0, 0.05) is 0 Å². The minimum Gasteiger partial charge on any atom is -0.481 e. The molecule has 0 radical (unpaired) electrons. The van der Waals surface area contributed by atoms with Crippen LogP contribution in [-0.4, -0.2) is 24.3 Å². The van der Waals surface area contributed by atoms with E-state index in [0.717, 1.165) is 6.08 Å². The molecule has 0 heterocycles. The Morgan fingerprint density at radius 2 is 2.33 bits per heavy atom. The lowest BCUT2D eigenvalue weighted by Gasteiger charge is -2.19. The van der Waals surface area contributed by atoms with Crippen LogP contribution in [0.2, 0.25) is 0 Å². The second kappa shape index (κ2) is 4.15. The van der Waals surface area contributed by atoms with Gasteiger partial charge in [-0.2, -0.15) is 8.78 Å². The third-order valence-electron chi connectivity index (χ3n) is 1.45. The smallest absolute Gasteiger partial charge is 0.345 e. The maximum Gasteiger partial charge on any atom is 0.345 e. The third kappa shape index (κ3) is 2.96. The minimum absolute atomic E-state index is 0.580. The molecule has 0 bridgehead atoms. The molecule has 0 aromatic heterocycles. The number of aliphatic carboxylic acids is 1. The number of carboxylic acids is 1. The lowest BCUT2D eigenvalue weighted by molar-refractivity contribution is -0.165. The van der Waals surface area contributed by atoms with Gasteiger partial charge in [0.2, 0.25) is 0 Å². The molecular weight excluding hydrogens is 170 g/mol. The van der Waals surface area contributed by atoms with Crippen LogP contribution < -0.4 is 0 Å². The Morgan fingerprint density at radius 1 is 1.83 bits per heavy atom. The summed E-state index contributed by atoms with van der Waals surface area (Å²) in [6, 6.07) is 0. The highest BCUT2D eigenvalue weighted by molar-refractivity contribution is 5.76. The molecule has 3 nitrogen and oxygen atoms in total. The highest BCUT2D eigenvalue weighted by Gasteiger charge is 2.30. The van der Waals surface area contributed by atoms with Gasteiger partial charge in [-0.15, -0.1) is 6.58 Å². The van der Waals surface area contributed by atoms with Crippen molar-refractivity contribution in [1.82, 2.24) is 0 Å². The maximum absolute atomic E-state index is 11.5. The fourth-order valence-electron chi connectivity index (χ4n) is 0.444. The van der Waals surface area contributed by atoms with E-state index in [9.17, 15) is 13.6 Å². The molecule has 0 aliphatic rings. The van der Waals surface area contributed by atoms with Crippen LogP contribution in [0.1, 0.15) is 6.92 Å². The number of carbonyl (C=O) groups is 1. The lowest BCUT2D eigenvalue weighted by Crippen LogP contribution is -2.31. The first-order chi connectivity index (χ1) is 5.42. The molecule has 0 rings (SSSR count). The second-order valence-corrected chi connectivity index (χ2v) is 2.50. The number of hydrogen-bond donors (Lipinski definition) is 1. The van der Waals surface area contributed by atoms with E-state index in [1.54, 1.807) is 0 Å². The van der Waals surface area contributed by atoms with Gasteiger partial charge in [-0.1, -0.05) is 6.08 Å². The van der Waals surface area contributed by atoms with Gasteiger partial charge < -0.3 is 9.84 Å². The Morgan fingerprint density at radius 3 is 2.58 bits per heavy atom. The van der Waals surface area contributed by atoms with Crippen molar-refractivity contribution in [3.05, 3.63) is 12.7 Å². The van der Waals surface area contributed by atoms with Gasteiger partial charge in [0.15, 0.2) is 0 Å². The zero-order valence-corrected chi connectivity index (χ0v) is 6.59. The van der Waals surface area contributed by atoms with Crippen LogP contribution in [0.5, 0.6) is 0 Å². The van der Waals surface area contributed by atoms with Crippen LogP contribution in [0.4, 0.5) is 8.78 Å². The number of ether oxygens (including phenoxy) is 1. The van der Waals surface area contributed by atoms with Gasteiger partial charge in [0.25, 0.3) is 0 Å². The number of hydrogen-bond acceptors (Lipinski definition) is 2. The first kappa shape index (κ1) is 11.0. The largest absolute Gasteiger partial charge is 0.481 e. The first-order valence-corrected chi connectivity index (χ1v) is 3.19. The Hall–Kier alpha value is -0.970. The average Bonchev–Trinajstić information content (AvgIpc) is 1.99. The summed E-state index contributed by atoms with van der Waals surface area (Å²) in [5.41, 5.74) is -1.45. The van der Waals surface area contributed by atoms with Gasteiger partial charge >= 0.3 is 12.6 Å². The molecule has 1 N–H and O–H groups in total. The highest BCUT2D eigenvalue weighted by atomic mass is 19.3. The molecule has 0 aliphatic heterocycles. The van der Waals surface area contributed by atoms with Crippen molar-refractivity contribution >= 4 is 5.97 Å². The van der Waals surface area contributed by atoms with Crippen molar-refractivity contribution in [2.24, 2.45) is 5.41 Å². The Labute approximate surface area is 68.6 Å². The van der Waals surface area contributed by atoms with Crippen molar-refractivity contribution in [1.29, 1.82) is 0 Å². The summed E-state index contributed by atoms with van der Waals surface area (Å²) in [6.07, 6.45) is 1.07. The van der Waals surface area contributed by atoms with Gasteiger partial charge in [-0.3, -0.25) is 4.79 Å². The molecule has 0 amide bonds. The summed E-state index contributed by atoms with van der Waals surface area (Å²) in [4.78, 5) is 10.5. The molecule has 0 aromatic carbocycles. The minimum atomic E-state index is -2.95. The van der Waals surface area contributed by atoms with E-state index in [2.05, 4.69) is 11.3 Å². The third-order valence-corrected chi connectivity index (χ3v) is 1.45. The van der Waals surface area contributed by atoms with Crippen molar-refractivity contribution in [3.8, 4) is 0 Å². The molecule has 1 atom stereocenters. The molecular formula is C7H10F2O3. The van der Waals surface area contributed by atoms with Crippen molar-refractivity contribution in [3.63, 3.8) is 0 Å². The lowest BCUT2D eigenvalue weighted by atomic mass is 9.92. The fourth-order valence-corrected chi connectivity index (χ4v) is 0.444. The Balaban J connectivity index is 4.15. The van der Waals surface area contributed by atoms with Crippen molar-refractivity contribution in [2.45, 2.75) is 13.5 Å². The monoisotopic (exact) mass is 180 g/mol. The van der Waals surface area contributed by atoms with E-state index >= 15 is 0 Å². The number of alkyl halides is 2. The molecule has 0 aliphatic carbocycles. The van der Waals surface area contributed by atoms with E-state index in [1.807, 2.05) is 0 Å². The van der Waals surface area contributed by atoms with Crippen LogP contribution >= 0.6 is 0 Å². The topological polar surface area (TPSA) is 46.5 Å². The normalized spacial score (nSPS) is 15.7. The predicted octanol–water partition coefficient (Wildman–Crippen LogP) is 1.50. The average molecular weight is 180 g/mol. The summed E-state index contributed by atoms with van der Waals surface area (Å²) in [5, 5.41) is 8.55. The van der Waals surface area contributed by atoms with Gasteiger partial charge in [-0.25, -0.2) is 0 Å². The summed E-state index contributed by atoms with van der Waals surface area (Å²) < 4.78 is 26.9. The van der Waals surface area contributed by atoms with Crippen LogP contribution in [0.25, 0.3) is 0 Å². The fraction of sp³-hybridized carbons (Fsp3) is 0.571. The van der Waals surface area contributed by atoms with E-state index in [4.69, 9.17) is 5.11 Å². The number of halogens is 2. The standard InChI is InChI=1S/C7H10F2O3/c1-3-7(2,5(10)11)4-12-6(8)9/h3,6H,1,4H2,2H3,(H,10,11). The second-order valence-electron chi connectivity index (χ2n) is 2.50. The number of carboxylic acid groups (broad SMARTS) is 1. The SMILES string of the molecule is C=CC(C)(COC(F)F)C(=O)O. The van der Waals surface area contributed by atoms with Gasteiger partial charge in [0.05, 0.1) is 6.61 Å². The van der Waals surface area contributed by atoms with E-state index in [-0.39, 0.29) is 0 Å².